The summed E-state index contributed by atoms with van der Waals surface area (Å²) < 4.78 is 27.6. The highest BCUT2D eigenvalue weighted by molar-refractivity contribution is 7.92. The van der Waals surface area contributed by atoms with Gasteiger partial charge >= 0.3 is 0 Å². The van der Waals surface area contributed by atoms with Gasteiger partial charge in [-0.2, -0.15) is 0 Å². The molecule has 0 unspecified atom stereocenters. The van der Waals surface area contributed by atoms with Crippen molar-refractivity contribution in [2.45, 2.75) is 39.1 Å². The van der Waals surface area contributed by atoms with Gasteiger partial charge in [-0.25, -0.2) is 23.1 Å². The van der Waals surface area contributed by atoms with Gasteiger partial charge in [-0.15, -0.1) is 0 Å². The van der Waals surface area contributed by atoms with E-state index in [0.717, 1.165) is 5.69 Å². The molecule has 28 heavy (non-hydrogen) atoms. The van der Waals surface area contributed by atoms with Crippen molar-refractivity contribution < 1.29 is 8.42 Å². The molecular weight excluding hydrogens is 372 g/mol. The molecule has 7 heteroatoms. The molecule has 2 aromatic carbocycles. The fraction of sp³-hybridized carbons (Fsp3) is 0.238. The Kier molecular flexibility index (Phi) is 5.65. The van der Waals surface area contributed by atoms with Gasteiger partial charge in [-0.1, -0.05) is 29.3 Å². The summed E-state index contributed by atoms with van der Waals surface area (Å²) in [7, 11) is -3.74. The van der Waals surface area contributed by atoms with Crippen LogP contribution in [0.4, 0.5) is 11.6 Å². The highest BCUT2D eigenvalue weighted by atomic mass is 32.2. The first-order chi connectivity index (χ1) is 13.2. The summed E-state index contributed by atoms with van der Waals surface area (Å²) in [6.07, 6.45) is 0. The molecule has 0 spiro atoms. The number of nitrogens with one attached hydrogen (secondary N) is 2. The maximum atomic E-state index is 12.6. The standard InChI is InChI=1S/C21H24N4O2S/c1-14-9-15(2)11-18(10-14)13-22-19-5-7-20(8-6-19)28(26,27)25-21-23-16(3)12-17(4)24-21/h5-12,22H,13H2,1-4H3,(H,23,24,25). The molecule has 6 nitrogen and oxygen atoms in total. The van der Waals surface area contributed by atoms with E-state index in [2.05, 4.69) is 52.1 Å². The molecule has 0 aliphatic heterocycles. The molecule has 146 valence electrons. The Morgan fingerprint density at radius 1 is 0.821 bits per heavy atom. The Hall–Kier alpha value is -2.93. The Balaban J connectivity index is 1.70. The number of aromatic nitrogens is 2. The lowest BCUT2D eigenvalue weighted by molar-refractivity contribution is 0.601. The van der Waals surface area contributed by atoms with Crippen LogP contribution in [0.25, 0.3) is 0 Å². The SMILES string of the molecule is Cc1cc(C)cc(CNc2ccc(S(=O)(=O)Nc3nc(C)cc(C)n3)cc2)c1. The molecule has 3 rings (SSSR count). The first kappa shape index (κ1) is 19.8. The summed E-state index contributed by atoms with van der Waals surface area (Å²) in [5.74, 6) is 0.0783. The molecule has 0 amide bonds. The van der Waals surface area contributed by atoms with Gasteiger partial charge < -0.3 is 5.32 Å². The van der Waals surface area contributed by atoms with Gasteiger partial charge in [-0.05, 0) is 63.6 Å². The van der Waals surface area contributed by atoms with Gasteiger partial charge in [0.1, 0.15) is 0 Å². The molecule has 3 aromatic rings. The van der Waals surface area contributed by atoms with Crippen molar-refractivity contribution >= 4 is 21.7 Å². The summed E-state index contributed by atoms with van der Waals surface area (Å²) in [6.45, 7) is 8.40. The first-order valence-electron chi connectivity index (χ1n) is 8.97. The van der Waals surface area contributed by atoms with Crippen LogP contribution in [0.5, 0.6) is 0 Å². The molecule has 0 atom stereocenters. The van der Waals surface area contributed by atoms with Crippen molar-refractivity contribution in [3.05, 3.63) is 76.6 Å². The van der Waals surface area contributed by atoms with Crippen LogP contribution in [0.15, 0.2) is 53.4 Å². The molecule has 1 aromatic heterocycles. The molecule has 0 aliphatic carbocycles. The van der Waals surface area contributed by atoms with E-state index < -0.39 is 10.0 Å². The Morgan fingerprint density at radius 2 is 1.39 bits per heavy atom. The van der Waals surface area contributed by atoms with Gasteiger partial charge in [0.25, 0.3) is 10.0 Å². The average molecular weight is 397 g/mol. The minimum atomic E-state index is -3.74. The second-order valence-corrected chi connectivity index (χ2v) is 8.64. The number of anilines is 2. The van der Waals surface area contributed by atoms with Crippen LogP contribution in [-0.4, -0.2) is 18.4 Å². The van der Waals surface area contributed by atoms with E-state index in [0.29, 0.717) is 17.9 Å². The van der Waals surface area contributed by atoms with E-state index in [1.54, 1.807) is 44.2 Å². The van der Waals surface area contributed by atoms with Crippen LogP contribution in [0.3, 0.4) is 0 Å². The second kappa shape index (κ2) is 7.98. The number of nitrogens with zero attached hydrogens (tertiary/aromatic N) is 2. The summed E-state index contributed by atoms with van der Waals surface area (Å²) in [6, 6.07) is 14.8. The number of hydrogen-bond acceptors (Lipinski definition) is 5. The Morgan fingerprint density at radius 3 is 1.96 bits per heavy atom. The normalized spacial score (nSPS) is 11.3. The largest absolute Gasteiger partial charge is 0.381 e. The van der Waals surface area contributed by atoms with E-state index in [1.807, 2.05) is 0 Å². The van der Waals surface area contributed by atoms with E-state index >= 15 is 0 Å². The molecule has 1 heterocycles. The highest BCUT2D eigenvalue weighted by Crippen LogP contribution is 2.18. The minimum Gasteiger partial charge on any atom is -0.381 e. The zero-order valence-corrected chi connectivity index (χ0v) is 17.3. The lowest BCUT2D eigenvalue weighted by Crippen LogP contribution is -2.15. The average Bonchev–Trinajstić information content (AvgIpc) is 2.58. The van der Waals surface area contributed by atoms with Gasteiger partial charge in [0.2, 0.25) is 5.95 Å². The third-order valence-electron chi connectivity index (χ3n) is 4.15. The first-order valence-corrected chi connectivity index (χ1v) is 10.5. The van der Waals surface area contributed by atoms with Crippen molar-refractivity contribution in [3.8, 4) is 0 Å². The van der Waals surface area contributed by atoms with Gasteiger partial charge in [0.15, 0.2) is 0 Å². The summed E-state index contributed by atoms with van der Waals surface area (Å²) in [4.78, 5) is 8.41. The summed E-state index contributed by atoms with van der Waals surface area (Å²) in [5.41, 5.74) is 5.88. The van der Waals surface area contributed by atoms with Crippen molar-refractivity contribution in [2.75, 3.05) is 10.0 Å². The maximum absolute atomic E-state index is 12.6. The van der Waals surface area contributed by atoms with Crippen molar-refractivity contribution in [1.82, 2.24) is 9.97 Å². The zero-order chi connectivity index (χ0) is 20.3. The number of rotatable bonds is 6. The molecular formula is C21H24N4O2S. The van der Waals surface area contributed by atoms with Crippen molar-refractivity contribution in [3.63, 3.8) is 0 Å². The summed E-state index contributed by atoms with van der Waals surface area (Å²) in [5, 5.41) is 3.32. The van der Waals surface area contributed by atoms with Gasteiger partial charge in [0.05, 0.1) is 4.90 Å². The quantitative estimate of drug-likeness (QED) is 0.655. The number of benzene rings is 2. The monoisotopic (exact) mass is 396 g/mol. The van der Waals surface area contributed by atoms with Gasteiger partial charge in [0, 0.05) is 23.6 Å². The van der Waals surface area contributed by atoms with E-state index in [9.17, 15) is 8.42 Å². The van der Waals surface area contributed by atoms with Crippen LogP contribution >= 0.6 is 0 Å². The fourth-order valence-electron chi connectivity index (χ4n) is 3.08. The van der Waals surface area contributed by atoms with Crippen LogP contribution in [0.2, 0.25) is 0 Å². The van der Waals surface area contributed by atoms with E-state index in [1.165, 1.54) is 16.7 Å². The molecule has 0 radical (unpaired) electrons. The second-order valence-electron chi connectivity index (χ2n) is 6.95. The van der Waals surface area contributed by atoms with E-state index in [4.69, 9.17) is 0 Å². The van der Waals surface area contributed by atoms with Crippen LogP contribution in [0.1, 0.15) is 28.1 Å². The lowest BCUT2D eigenvalue weighted by atomic mass is 10.1. The van der Waals surface area contributed by atoms with Crippen molar-refractivity contribution in [2.24, 2.45) is 0 Å². The predicted molar refractivity (Wildman–Crippen MR) is 112 cm³/mol. The van der Waals surface area contributed by atoms with Crippen LogP contribution < -0.4 is 10.0 Å². The topological polar surface area (TPSA) is 84.0 Å². The van der Waals surface area contributed by atoms with Crippen LogP contribution in [-0.2, 0) is 16.6 Å². The Labute approximate surface area is 166 Å². The van der Waals surface area contributed by atoms with Gasteiger partial charge in [-0.3, -0.25) is 0 Å². The third-order valence-corrected chi connectivity index (χ3v) is 5.49. The molecule has 0 bridgehead atoms. The highest BCUT2D eigenvalue weighted by Gasteiger charge is 2.16. The van der Waals surface area contributed by atoms with E-state index in [-0.39, 0.29) is 10.8 Å². The molecule has 0 saturated carbocycles. The zero-order valence-electron chi connectivity index (χ0n) is 16.4. The number of sulfonamides is 1. The molecule has 0 saturated heterocycles. The Bertz CT molecular complexity index is 1050. The smallest absolute Gasteiger partial charge is 0.264 e. The minimum absolute atomic E-state index is 0.0783. The number of hydrogen-bond donors (Lipinski definition) is 2. The van der Waals surface area contributed by atoms with Crippen LogP contribution in [0, 0.1) is 27.7 Å². The van der Waals surface area contributed by atoms with Crippen molar-refractivity contribution in [1.29, 1.82) is 0 Å². The fourth-order valence-corrected chi connectivity index (χ4v) is 4.02. The summed E-state index contributed by atoms with van der Waals surface area (Å²) >= 11 is 0. The predicted octanol–water partition coefficient (Wildman–Crippen LogP) is 4.12. The molecule has 0 aliphatic rings. The number of aryl methyl sites for hydroxylation is 4. The maximum Gasteiger partial charge on any atom is 0.264 e. The lowest BCUT2D eigenvalue weighted by Gasteiger charge is -2.11. The molecule has 0 fully saturated rings. The third kappa shape index (κ3) is 5.07. The molecule has 2 N–H and O–H groups in total.